The van der Waals surface area contributed by atoms with E-state index < -0.39 is 0 Å². The minimum absolute atomic E-state index is 0.437. The van der Waals surface area contributed by atoms with Gasteiger partial charge in [-0.15, -0.1) is 15.0 Å². The van der Waals surface area contributed by atoms with Crippen molar-refractivity contribution in [3.63, 3.8) is 0 Å². The molecule has 1 aromatic carbocycles. The molecule has 0 radical (unpaired) electrons. The average molecular weight is 369 g/mol. The molecule has 0 bridgehead atoms. The Morgan fingerprint density at radius 2 is 1.88 bits per heavy atom. The van der Waals surface area contributed by atoms with Gasteiger partial charge in [-0.1, -0.05) is 41.4 Å². The lowest BCUT2D eigenvalue weighted by molar-refractivity contribution is 0.717. The summed E-state index contributed by atoms with van der Waals surface area (Å²) < 4.78 is 0. The van der Waals surface area contributed by atoms with E-state index in [9.17, 15) is 0 Å². The van der Waals surface area contributed by atoms with Gasteiger partial charge in [0.15, 0.2) is 0 Å². The molecule has 0 saturated heterocycles. The highest BCUT2D eigenvalue weighted by Crippen LogP contribution is 2.33. The molecule has 25 heavy (non-hydrogen) atoms. The van der Waals surface area contributed by atoms with Crippen molar-refractivity contribution in [2.75, 3.05) is 0 Å². The third-order valence-corrected chi connectivity index (χ3v) is 4.34. The lowest BCUT2D eigenvalue weighted by atomic mass is 10.1. The van der Waals surface area contributed by atoms with Crippen LogP contribution in [0, 0.1) is 0 Å². The Balaban J connectivity index is 1.73. The number of halogens is 2. The molecule has 0 aliphatic rings. The lowest BCUT2D eigenvalue weighted by Crippen LogP contribution is -2.00. The Labute approximate surface area is 153 Å². The number of rotatable bonds is 3. The van der Waals surface area contributed by atoms with E-state index in [0.717, 1.165) is 11.1 Å². The zero-order chi connectivity index (χ0) is 17.2. The molecule has 0 spiro atoms. The van der Waals surface area contributed by atoms with Crippen molar-refractivity contribution in [1.82, 2.24) is 30.2 Å². The van der Waals surface area contributed by atoms with Gasteiger partial charge in [0.25, 0.3) is 0 Å². The van der Waals surface area contributed by atoms with E-state index in [2.05, 4.69) is 25.4 Å². The summed E-state index contributed by atoms with van der Waals surface area (Å²) in [6.45, 7) is 0. The van der Waals surface area contributed by atoms with Crippen LogP contribution in [0.4, 0.5) is 0 Å². The first-order valence-corrected chi connectivity index (χ1v) is 8.09. The fourth-order valence-corrected chi connectivity index (χ4v) is 2.74. The first kappa shape index (κ1) is 15.7. The van der Waals surface area contributed by atoms with Gasteiger partial charge in [0.05, 0.1) is 16.2 Å². The molecule has 6 nitrogen and oxygen atoms in total. The second-order valence-corrected chi connectivity index (χ2v) is 5.94. The minimum Gasteiger partial charge on any atom is -0.262 e. The predicted molar refractivity (Wildman–Crippen MR) is 95.6 cm³/mol. The van der Waals surface area contributed by atoms with E-state index in [-0.39, 0.29) is 0 Å². The Morgan fingerprint density at radius 1 is 0.960 bits per heavy atom. The smallest absolute Gasteiger partial charge is 0.223 e. The standard InChI is InChI=1S/C17H10Cl2N6/c18-14-5-3-4-13(16(14)19)11-8-12(10-20-9-11)25-23-17(22-24-25)15-6-1-2-7-21-15/h1-10H. The number of aromatic nitrogens is 6. The maximum absolute atomic E-state index is 6.29. The van der Waals surface area contributed by atoms with Crippen LogP contribution in [0.1, 0.15) is 0 Å². The van der Waals surface area contributed by atoms with Gasteiger partial charge in [-0.25, -0.2) is 0 Å². The zero-order valence-corrected chi connectivity index (χ0v) is 14.2. The number of nitrogens with zero attached hydrogens (tertiary/aromatic N) is 6. The maximum Gasteiger partial charge on any atom is 0.223 e. The van der Waals surface area contributed by atoms with Crippen LogP contribution in [0.3, 0.4) is 0 Å². The molecule has 4 rings (SSSR count). The molecule has 3 aromatic heterocycles. The van der Waals surface area contributed by atoms with Crippen molar-refractivity contribution in [2.45, 2.75) is 0 Å². The van der Waals surface area contributed by atoms with Crippen molar-refractivity contribution in [3.05, 3.63) is 71.1 Å². The molecule has 0 aliphatic carbocycles. The molecule has 0 amide bonds. The summed E-state index contributed by atoms with van der Waals surface area (Å²) in [5.74, 6) is 0.437. The normalized spacial score (nSPS) is 10.8. The van der Waals surface area contributed by atoms with E-state index in [1.54, 1.807) is 24.7 Å². The van der Waals surface area contributed by atoms with Crippen molar-refractivity contribution < 1.29 is 0 Å². The van der Waals surface area contributed by atoms with Crippen molar-refractivity contribution in [2.24, 2.45) is 0 Å². The Hall–Kier alpha value is -2.83. The summed E-state index contributed by atoms with van der Waals surface area (Å²) in [6, 6.07) is 12.8. The molecule has 0 N–H and O–H groups in total. The van der Waals surface area contributed by atoms with Gasteiger partial charge < -0.3 is 0 Å². The monoisotopic (exact) mass is 368 g/mol. The summed E-state index contributed by atoms with van der Waals surface area (Å²) in [5.41, 5.74) is 2.90. The molecule has 0 atom stereocenters. The fraction of sp³-hybridized carbons (Fsp3) is 0. The highest BCUT2D eigenvalue weighted by Gasteiger charge is 2.11. The molecular weight excluding hydrogens is 359 g/mol. The SMILES string of the molecule is Clc1cccc(-c2cncc(-n3nnc(-c4ccccn4)n3)c2)c1Cl. The average Bonchev–Trinajstić information content (AvgIpc) is 3.15. The maximum atomic E-state index is 6.29. The van der Waals surface area contributed by atoms with E-state index in [4.69, 9.17) is 23.2 Å². The summed E-state index contributed by atoms with van der Waals surface area (Å²) in [6.07, 6.45) is 5.03. The molecule has 0 unspecified atom stereocenters. The number of hydrogen-bond acceptors (Lipinski definition) is 5. The summed E-state index contributed by atoms with van der Waals surface area (Å²) >= 11 is 12.4. The van der Waals surface area contributed by atoms with E-state index in [0.29, 0.717) is 27.3 Å². The van der Waals surface area contributed by atoms with Gasteiger partial charge in [-0.05, 0) is 29.5 Å². The third kappa shape index (κ3) is 3.09. The van der Waals surface area contributed by atoms with E-state index >= 15 is 0 Å². The second-order valence-electron chi connectivity index (χ2n) is 5.15. The van der Waals surface area contributed by atoms with Crippen molar-refractivity contribution in [3.8, 4) is 28.3 Å². The number of pyridine rings is 2. The van der Waals surface area contributed by atoms with Gasteiger partial charge in [0.1, 0.15) is 11.4 Å². The topological polar surface area (TPSA) is 69.4 Å². The molecule has 122 valence electrons. The summed E-state index contributed by atoms with van der Waals surface area (Å²) in [4.78, 5) is 9.86. The van der Waals surface area contributed by atoms with Crippen LogP contribution in [-0.4, -0.2) is 30.2 Å². The Kier molecular flexibility index (Phi) is 4.13. The summed E-state index contributed by atoms with van der Waals surface area (Å²) in [5, 5.41) is 13.4. The molecule has 0 fully saturated rings. The van der Waals surface area contributed by atoms with Crippen molar-refractivity contribution >= 4 is 23.2 Å². The van der Waals surface area contributed by atoms with Crippen LogP contribution in [0.25, 0.3) is 28.3 Å². The quantitative estimate of drug-likeness (QED) is 0.544. The van der Waals surface area contributed by atoms with Crippen LogP contribution in [0.2, 0.25) is 10.0 Å². The van der Waals surface area contributed by atoms with Crippen LogP contribution < -0.4 is 0 Å². The second kappa shape index (κ2) is 6.58. The molecule has 4 aromatic rings. The fourth-order valence-electron chi connectivity index (χ4n) is 2.33. The first-order chi connectivity index (χ1) is 12.2. The van der Waals surface area contributed by atoms with Gasteiger partial charge >= 0.3 is 0 Å². The van der Waals surface area contributed by atoms with Gasteiger partial charge in [-0.2, -0.15) is 0 Å². The van der Waals surface area contributed by atoms with Gasteiger partial charge in [0, 0.05) is 23.5 Å². The largest absolute Gasteiger partial charge is 0.262 e. The lowest BCUT2D eigenvalue weighted by Gasteiger charge is -2.07. The molecule has 0 aliphatic heterocycles. The zero-order valence-electron chi connectivity index (χ0n) is 12.7. The number of tetrazole rings is 1. The molecule has 0 saturated carbocycles. The first-order valence-electron chi connectivity index (χ1n) is 7.33. The minimum atomic E-state index is 0.437. The van der Waals surface area contributed by atoms with Crippen LogP contribution >= 0.6 is 23.2 Å². The van der Waals surface area contributed by atoms with Crippen LogP contribution in [0.5, 0.6) is 0 Å². The number of hydrogen-bond donors (Lipinski definition) is 0. The Bertz CT molecular complexity index is 1030. The highest BCUT2D eigenvalue weighted by molar-refractivity contribution is 6.43. The number of benzene rings is 1. The van der Waals surface area contributed by atoms with Gasteiger partial charge in [0.2, 0.25) is 5.82 Å². The predicted octanol–water partition coefficient (Wildman–Crippen LogP) is 4.09. The van der Waals surface area contributed by atoms with Crippen LogP contribution in [-0.2, 0) is 0 Å². The summed E-state index contributed by atoms with van der Waals surface area (Å²) in [7, 11) is 0. The third-order valence-electron chi connectivity index (χ3n) is 3.52. The van der Waals surface area contributed by atoms with Crippen LogP contribution in [0.15, 0.2) is 61.1 Å². The molecule has 3 heterocycles. The molecule has 8 heteroatoms. The van der Waals surface area contributed by atoms with Gasteiger partial charge in [-0.3, -0.25) is 9.97 Å². The Morgan fingerprint density at radius 3 is 2.72 bits per heavy atom. The van der Waals surface area contributed by atoms with E-state index in [1.165, 1.54) is 4.80 Å². The molecular formula is C17H10Cl2N6. The van der Waals surface area contributed by atoms with E-state index in [1.807, 2.05) is 36.4 Å². The van der Waals surface area contributed by atoms with Crippen molar-refractivity contribution in [1.29, 1.82) is 0 Å². The highest BCUT2D eigenvalue weighted by atomic mass is 35.5.